The first-order valence-electron chi connectivity index (χ1n) is 40.0. The molecule has 4 unspecified atom stereocenters. The predicted octanol–water partition coefficient (Wildman–Crippen LogP) is 16.9. The number of nitrogens with one attached hydrogen (secondary N) is 8. The second-order valence-corrected chi connectivity index (χ2v) is 30.3. The van der Waals surface area contributed by atoms with Crippen molar-refractivity contribution in [2.75, 3.05) is 21.3 Å². The van der Waals surface area contributed by atoms with Crippen LogP contribution >= 0.6 is 0 Å². The summed E-state index contributed by atoms with van der Waals surface area (Å²) in [6.45, 7) is 16.1. The molecule has 8 N–H and O–H groups in total. The minimum Gasteiger partial charge on any atom is -0.360 e. The molecule has 2 saturated carbocycles. The summed E-state index contributed by atoms with van der Waals surface area (Å²) >= 11 is 0. The number of pyridine rings is 4. The molecule has 20 rings (SSSR count). The lowest BCUT2D eigenvalue weighted by atomic mass is 9.91. The van der Waals surface area contributed by atoms with E-state index in [1.165, 1.54) is 50.3 Å². The van der Waals surface area contributed by atoms with Gasteiger partial charge in [0.25, 0.3) is 22.2 Å². The zero-order valence-electron chi connectivity index (χ0n) is 66.8. The molecule has 598 valence electrons. The fourth-order valence-corrected chi connectivity index (χ4v) is 16.3. The van der Waals surface area contributed by atoms with Crippen LogP contribution in [-0.4, -0.2) is 98.0 Å². The van der Waals surface area contributed by atoms with E-state index in [1.54, 1.807) is 42.0 Å². The average Bonchev–Trinajstić information content (AvgIpc) is 1.36. The van der Waals surface area contributed by atoms with Crippen LogP contribution in [0.25, 0.3) is 99.1 Å². The number of para-hydroxylation sites is 1. The van der Waals surface area contributed by atoms with Crippen molar-refractivity contribution >= 4 is 111 Å². The number of fused-ring (bicyclic) bond motifs is 8. The lowest BCUT2D eigenvalue weighted by Crippen LogP contribution is -2.34. The number of imidazole rings is 4. The van der Waals surface area contributed by atoms with E-state index in [9.17, 15) is 23.6 Å². The fraction of sp³-hybridized carbons (Fsp3) is 0.244. The summed E-state index contributed by atoms with van der Waals surface area (Å²) in [7, 11) is 0. The first kappa shape index (κ1) is 77.1. The van der Waals surface area contributed by atoms with Gasteiger partial charge in [-0.05, 0) is 197 Å². The van der Waals surface area contributed by atoms with Gasteiger partial charge >= 0.3 is 0 Å². The maximum Gasteiger partial charge on any atom is 0.263 e. The zero-order valence-corrected chi connectivity index (χ0v) is 66.8. The molecule has 4 atom stereocenters. The van der Waals surface area contributed by atoms with Gasteiger partial charge in [-0.15, -0.1) is 0 Å². The standard InChI is InChI=1S/C24H22N6O.C23H19FN6O.C22H24N6O.C21H22N6O/c1-3-18(29-23-21-22(26-13-25-21)27-14-28-23)19-12-16-9-7-8-15(2)20(16)24(31)30(19)17-10-5-4-6-11-17;1-13-4-3-5-15-10-18(14(2)29-22-20-21(26-11-25-20)27-12-28-22)30(23(31)19(13)15)17-8-6-16(24)7-9-17;1-3-16(27-21-19-20(24-11-23-19)25-12-26-21)17-10-14-7-4-6-13(2)18(14)22(29)28(17)15-8-5-9-15;1-12-5-3-6-14-9-16(27(15-7-4-8-15)21(28)17(12)14)13(2)26-20-18-19(23-10-22-18)24-11-25-20/h4-14,18H,3H2,1-2H3,(H2,25,26,27,28,29);3-12,14H,1-2H3,(H2,25,26,27,28,29);4,6-7,10-12,15-16H,3,5,8-9H2,1-2H3,(H2,23,24,25,26,27);3,5-6,9-11,13,15H,4,7-8H2,1-2H3,(H2,22,23,24,25,26). The molecule has 0 bridgehead atoms. The Balaban J connectivity index is 0.000000114. The molecule has 0 amide bonds. The topological polar surface area (TPSA) is 354 Å². The number of aromatic nitrogens is 20. The van der Waals surface area contributed by atoms with Gasteiger partial charge in [-0.25, -0.2) is 64.2 Å². The fourth-order valence-electron chi connectivity index (χ4n) is 16.3. The molecule has 12 heterocycles. The summed E-state index contributed by atoms with van der Waals surface area (Å²) in [5.41, 5.74) is 14.4. The van der Waals surface area contributed by atoms with Gasteiger partial charge in [0, 0.05) is 46.2 Å². The highest BCUT2D eigenvalue weighted by molar-refractivity contribution is 5.90. The van der Waals surface area contributed by atoms with E-state index in [1.807, 2.05) is 158 Å². The van der Waals surface area contributed by atoms with Crippen LogP contribution in [0.5, 0.6) is 0 Å². The van der Waals surface area contributed by atoms with E-state index in [0.717, 1.165) is 143 Å². The van der Waals surface area contributed by atoms with Crippen molar-refractivity contribution in [2.24, 2.45) is 0 Å². The van der Waals surface area contributed by atoms with Crippen LogP contribution in [0.15, 0.2) is 221 Å². The maximum atomic E-state index is 13.7. The Kier molecular flexibility index (Phi) is 21.4. The average molecular weight is 1590 g/mol. The molecule has 28 nitrogen and oxygen atoms in total. The summed E-state index contributed by atoms with van der Waals surface area (Å²) in [5.74, 6) is 2.27. The number of anilines is 4. The Hall–Kier alpha value is -14.5. The van der Waals surface area contributed by atoms with Crippen molar-refractivity contribution in [2.45, 2.75) is 143 Å². The molecule has 2 aliphatic rings. The number of halogens is 1. The van der Waals surface area contributed by atoms with Crippen molar-refractivity contribution < 1.29 is 4.39 Å². The third-order valence-corrected chi connectivity index (χ3v) is 22.8. The van der Waals surface area contributed by atoms with E-state index < -0.39 is 0 Å². The smallest absolute Gasteiger partial charge is 0.263 e. The largest absolute Gasteiger partial charge is 0.360 e. The summed E-state index contributed by atoms with van der Waals surface area (Å²) in [6.07, 6.45) is 20.5. The van der Waals surface area contributed by atoms with E-state index in [0.29, 0.717) is 62.5 Å². The highest BCUT2D eigenvalue weighted by atomic mass is 19.1. The first-order chi connectivity index (χ1) is 58.0. The molecule has 2 aliphatic carbocycles. The normalized spacial score (nSPS) is 13.9. The van der Waals surface area contributed by atoms with E-state index in [-0.39, 0.29) is 64.3 Å². The maximum absolute atomic E-state index is 13.7. The van der Waals surface area contributed by atoms with Crippen molar-refractivity contribution in [1.29, 1.82) is 0 Å². The second kappa shape index (κ2) is 33.0. The van der Waals surface area contributed by atoms with Crippen molar-refractivity contribution in [1.82, 2.24) is 98.0 Å². The van der Waals surface area contributed by atoms with E-state index >= 15 is 0 Å². The number of hydrogen-bond acceptors (Lipinski definition) is 20. The van der Waals surface area contributed by atoms with Crippen LogP contribution in [0.2, 0.25) is 0 Å². The monoisotopic (exact) mass is 1590 g/mol. The minimum atomic E-state index is -0.357. The third-order valence-electron chi connectivity index (χ3n) is 22.8. The molecule has 0 aliphatic heterocycles. The highest BCUT2D eigenvalue weighted by Crippen LogP contribution is 2.39. The van der Waals surface area contributed by atoms with Gasteiger partial charge in [0.1, 0.15) is 53.2 Å². The number of hydrogen-bond donors (Lipinski definition) is 8. The first-order valence-corrected chi connectivity index (χ1v) is 40.0. The van der Waals surface area contributed by atoms with Crippen molar-refractivity contribution in [3.8, 4) is 11.4 Å². The predicted molar refractivity (Wildman–Crippen MR) is 464 cm³/mol. The Bertz CT molecular complexity index is 7080. The Morgan fingerprint density at radius 3 is 1.08 bits per heavy atom. The van der Waals surface area contributed by atoms with E-state index in [2.05, 4.69) is 140 Å². The summed E-state index contributed by atoms with van der Waals surface area (Å²) in [4.78, 5) is 118. The highest BCUT2D eigenvalue weighted by Gasteiger charge is 2.31. The molecular weight excluding hydrogens is 1500 g/mol. The number of benzene rings is 6. The molecule has 0 saturated heterocycles. The molecule has 29 heteroatoms. The molecule has 2 fully saturated rings. The SMILES string of the molecule is CCC(Nc1ncnc2nc[nH]c12)c1cc2cccc(C)c2c(=O)n1-c1ccccc1.CCC(Nc1ncnc2nc[nH]c12)c1cc2cccc(C)c2c(=O)n1C1CCC1.Cc1cccc2cc(C(C)Nc3ncnc4nc[nH]c34)n(-c3ccc(F)cc3)c(=O)c12.Cc1cccc2cc(C(C)Nc3ncnc4nc[nH]c34)n(C3CCC3)c(=O)c12. The number of aromatic amines is 4. The van der Waals surface area contributed by atoms with E-state index in [4.69, 9.17) is 0 Å². The van der Waals surface area contributed by atoms with Gasteiger partial charge in [-0.3, -0.25) is 28.3 Å². The van der Waals surface area contributed by atoms with Gasteiger partial charge < -0.3 is 50.3 Å². The second-order valence-electron chi connectivity index (χ2n) is 30.3. The third kappa shape index (κ3) is 14.9. The minimum absolute atomic E-state index is 0.0218. The number of H-pyrrole nitrogens is 4. The van der Waals surface area contributed by atoms with Gasteiger partial charge in [0.15, 0.2) is 45.9 Å². The Morgan fingerprint density at radius 2 is 0.697 bits per heavy atom. The van der Waals surface area contributed by atoms with Crippen LogP contribution < -0.4 is 43.5 Å². The van der Waals surface area contributed by atoms with Crippen molar-refractivity contribution in [3.05, 3.63) is 295 Å². The number of aryl methyl sites for hydroxylation is 4. The molecule has 12 aromatic heterocycles. The molecule has 0 radical (unpaired) electrons. The summed E-state index contributed by atoms with van der Waals surface area (Å²) in [5, 5.41) is 20.7. The van der Waals surface area contributed by atoms with Gasteiger partial charge in [0.2, 0.25) is 0 Å². The Labute approximate surface area is 680 Å². The van der Waals surface area contributed by atoms with Crippen LogP contribution in [0.4, 0.5) is 27.7 Å². The number of nitrogens with zero attached hydrogens (tertiary/aromatic N) is 16. The molecule has 18 aromatic rings. The molecule has 6 aromatic carbocycles. The van der Waals surface area contributed by atoms with Crippen LogP contribution in [0.1, 0.15) is 160 Å². The molecular formula is C90H87FN24O4. The van der Waals surface area contributed by atoms with Gasteiger partial charge in [-0.1, -0.05) is 105 Å². The van der Waals surface area contributed by atoms with Crippen LogP contribution in [0.3, 0.4) is 0 Å². The summed E-state index contributed by atoms with van der Waals surface area (Å²) in [6, 6.07) is 47.8. The Morgan fingerprint density at radius 1 is 0.370 bits per heavy atom. The van der Waals surface area contributed by atoms with Gasteiger partial charge in [0.05, 0.1) is 71.0 Å². The van der Waals surface area contributed by atoms with Crippen LogP contribution in [-0.2, 0) is 0 Å². The van der Waals surface area contributed by atoms with Crippen LogP contribution in [0, 0.1) is 33.5 Å². The molecule has 0 spiro atoms. The van der Waals surface area contributed by atoms with Crippen molar-refractivity contribution in [3.63, 3.8) is 0 Å². The van der Waals surface area contributed by atoms with Gasteiger partial charge in [-0.2, -0.15) is 0 Å². The lowest BCUT2D eigenvalue weighted by molar-refractivity contribution is 0.297. The molecule has 119 heavy (non-hydrogen) atoms. The lowest BCUT2D eigenvalue weighted by Gasteiger charge is -2.33. The zero-order chi connectivity index (χ0) is 82.1. The quantitative estimate of drug-likeness (QED) is 0.0395. The number of rotatable bonds is 18. The summed E-state index contributed by atoms with van der Waals surface area (Å²) < 4.78 is 21.0.